The molecule has 3 aromatic rings. The van der Waals surface area contributed by atoms with Crippen LogP contribution in [-0.2, 0) is 0 Å². The second-order valence-corrected chi connectivity index (χ2v) is 8.99. The van der Waals surface area contributed by atoms with Gasteiger partial charge in [0.2, 0.25) is 0 Å². The lowest BCUT2D eigenvalue weighted by Gasteiger charge is -2.33. The van der Waals surface area contributed by atoms with Gasteiger partial charge < -0.3 is 14.2 Å². The van der Waals surface area contributed by atoms with Crippen molar-refractivity contribution in [2.75, 3.05) is 7.11 Å². The van der Waals surface area contributed by atoms with Crippen molar-refractivity contribution >= 4 is 17.1 Å². The van der Waals surface area contributed by atoms with Crippen molar-refractivity contribution in [2.45, 2.75) is 56.5 Å². The van der Waals surface area contributed by atoms with Crippen molar-refractivity contribution in [2.24, 2.45) is 5.92 Å². The second kappa shape index (κ2) is 7.66. The van der Waals surface area contributed by atoms with E-state index in [0.29, 0.717) is 16.9 Å². The molecule has 2 aliphatic carbocycles. The number of ether oxygens (including phenoxy) is 1. The quantitative estimate of drug-likeness (QED) is 0.571. The number of halogens is 1. The minimum Gasteiger partial charge on any atom is -0.495 e. The molecule has 1 atom stereocenters. The first kappa shape index (κ1) is 19.0. The summed E-state index contributed by atoms with van der Waals surface area (Å²) in [6, 6.07) is 10.5. The Hall–Kier alpha value is -2.04. The fourth-order valence-electron chi connectivity index (χ4n) is 5.01. The molecule has 4 nitrogen and oxygen atoms in total. The highest BCUT2D eigenvalue weighted by molar-refractivity contribution is 6.32. The first-order chi connectivity index (χ1) is 14.2. The van der Waals surface area contributed by atoms with E-state index in [2.05, 4.69) is 27.6 Å². The molecule has 2 aliphatic rings. The third-order valence-electron chi connectivity index (χ3n) is 6.82. The molecule has 0 unspecified atom stereocenters. The van der Waals surface area contributed by atoms with Gasteiger partial charge in [0, 0.05) is 0 Å². The lowest BCUT2D eigenvalue weighted by molar-refractivity contribution is 0.0754. The Balaban J connectivity index is 1.35. The van der Waals surface area contributed by atoms with Crippen LogP contribution in [0.25, 0.3) is 5.52 Å². The third-order valence-corrected chi connectivity index (χ3v) is 7.11. The fourth-order valence-corrected chi connectivity index (χ4v) is 5.28. The Labute approximate surface area is 176 Å². The van der Waals surface area contributed by atoms with Crippen molar-refractivity contribution in [3.63, 3.8) is 0 Å². The molecule has 152 valence electrons. The SMILES string of the molecule is COc1ccc(C2CCC([C@H](O)c3c(C4CC4)ccc4cncn34)CC2)cc1Cl. The first-order valence-corrected chi connectivity index (χ1v) is 11.0. The predicted molar refractivity (Wildman–Crippen MR) is 115 cm³/mol. The van der Waals surface area contributed by atoms with Crippen LogP contribution in [0, 0.1) is 5.92 Å². The van der Waals surface area contributed by atoms with Crippen LogP contribution in [0.4, 0.5) is 0 Å². The average Bonchev–Trinajstić information content (AvgIpc) is 3.49. The highest BCUT2D eigenvalue weighted by atomic mass is 35.5. The average molecular weight is 411 g/mol. The number of aromatic nitrogens is 2. The van der Waals surface area contributed by atoms with Gasteiger partial charge in [-0.25, -0.2) is 4.98 Å². The van der Waals surface area contributed by atoms with Crippen LogP contribution in [0.1, 0.15) is 73.3 Å². The number of imidazole rings is 1. The van der Waals surface area contributed by atoms with Crippen LogP contribution in [0.5, 0.6) is 5.75 Å². The Bertz CT molecular complexity index is 1020. The summed E-state index contributed by atoms with van der Waals surface area (Å²) in [5.74, 6) is 2.10. The van der Waals surface area contributed by atoms with E-state index < -0.39 is 6.10 Å². The van der Waals surface area contributed by atoms with Gasteiger partial charge in [-0.3, -0.25) is 0 Å². The van der Waals surface area contributed by atoms with Gasteiger partial charge in [0.25, 0.3) is 0 Å². The lowest BCUT2D eigenvalue weighted by Crippen LogP contribution is -2.22. The Kier molecular flexibility index (Phi) is 5.00. The number of nitrogens with zero attached hydrogens (tertiary/aromatic N) is 2. The van der Waals surface area contributed by atoms with Gasteiger partial charge in [0.1, 0.15) is 5.75 Å². The van der Waals surface area contributed by atoms with Crippen LogP contribution in [0.2, 0.25) is 5.02 Å². The van der Waals surface area contributed by atoms with Gasteiger partial charge in [-0.1, -0.05) is 23.7 Å². The van der Waals surface area contributed by atoms with Crippen LogP contribution >= 0.6 is 11.6 Å². The number of fused-ring (bicyclic) bond motifs is 1. The van der Waals surface area contributed by atoms with Crippen molar-refractivity contribution in [1.29, 1.82) is 0 Å². The molecule has 5 rings (SSSR count). The molecule has 0 bridgehead atoms. The largest absolute Gasteiger partial charge is 0.495 e. The van der Waals surface area contributed by atoms with E-state index in [1.54, 1.807) is 7.11 Å². The highest BCUT2D eigenvalue weighted by Gasteiger charge is 2.34. The van der Waals surface area contributed by atoms with E-state index in [0.717, 1.165) is 42.6 Å². The summed E-state index contributed by atoms with van der Waals surface area (Å²) in [7, 11) is 1.64. The van der Waals surface area contributed by atoms with Gasteiger partial charge in [-0.15, -0.1) is 0 Å². The smallest absolute Gasteiger partial charge is 0.137 e. The molecule has 5 heteroatoms. The number of methoxy groups -OCH3 is 1. The molecule has 2 heterocycles. The molecule has 0 aliphatic heterocycles. The number of rotatable bonds is 5. The number of benzene rings is 1. The summed E-state index contributed by atoms with van der Waals surface area (Å²) in [5.41, 5.74) is 4.72. The van der Waals surface area contributed by atoms with Crippen molar-refractivity contribution in [3.8, 4) is 5.75 Å². The van der Waals surface area contributed by atoms with Gasteiger partial charge >= 0.3 is 0 Å². The number of hydrogen-bond acceptors (Lipinski definition) is 3. The second-order valence-electron chi connectivity index (χ2n) is 8.59. The predicted octanol–water partition coefficient (Wildman–Crippen LogP) is 5.88. The normalized spacial score (nSPS) is 23.3. The number of aliphatic hydroxyl groups excluding tert-OH is 1. The van der Waals surface area contributed by atoms with E-state index in [9.17, 15) is 5.11 Å². The maximum absolute atomic E-state index is 11.4. The van der Waals surface area contributed by atoms with E-state index in [1.165, 1.54) is 24.0 Å². The molecule has 1 N–H and O–H groups in total. The zero-order valence-electron chi connectivity index (χ0n) is 16.7. The monoisotopic (exact) mass is 410 g/mol. The van der Waals surface area contributed by atoms with E-state index in [-0.39, 0.29) is 5.92 Å². The van der Waals surface area contributed by atoms with Crippen molar-refractivity contribution in [3.05, 3.63) is 64.7 Å². The number of pyridine rings is 1. The summed E-state index contributed by atoms with van der Waals surface area (Å²) < 4.78 is 7.38. The first-order valence-electron chi connectivity index (χ1n) is 10.6. The minimum atomic E-state index is -0.441. The van der Waals surface area contributed by atoms with Gasteiger partial charge in [-0.2, -0.15) is 0 Å². The summed E-state index contributed by atoms with van der Waals surface area (Å²) in [6.07, 6.45) is 9.92. The van der Waals surface area contributed by atoms with Gasteiger partial charge in [0.05, 0.1) is 42.0 Å². The third kappa shape index (κ3) is 3.53. The fraction of sp³-hybridized carbons (Fsp3) is 0.458. The van der Waals surface area contributed by atoms with E-state index >= 15 is 0 Å². The Morgan fingerprint density at radius 3 is 2.52 bits per heavy atom. The molecular weight excluding hydrogens is 384 g/mol. The lowest BCUT2D eigenvalue weighted by atomic mass is 9.75. The van der Waals surface area contributed by atoms with Crippen molar-refractivity contribution in [1.82, 2.24) is 9.38 Å². The van der Waals surface area contributed by atoms with Crippen LogP contribution < -0.4 is 4.74 Å². The summed E-state index contributed by atoms with van der Waals surface area (Å²) in [4.78, 5) is 4.31. The number of hydrogen-bond donors (Lipinski definition) is 1. The summed E-state index contributed by atoms with van der Waals surface area (Å²) in [5, 5.41) is 12.1. The molecule has 0 saturated heterocycles. The summed E-state index contributed by atoms with van der Waals surface area (Å²) >= 11 is 6.33. The van der Waals surface area contributed by atoms with Gasteiger partial charge in [-0.05, 0) is 85.6 Å². The molecule has 0 amide bonds. The van der Waals surface area contributed by atoms with Crippen molar-refractivity contribution < 1.29 is 9.84 Å². The van der Waals surface area contributed by atoms with Crippen LogP contribution in [-0.4, -0.2) is 21.6 Å². The standard InChI is InChI=1S/C24H27ClN2O2/c1-29-22-11-8-18(12-21(22)25)15-2-6-17(7-3-15)24(28)23-20(16-4-5-16)10-9-19-13-26-14-27(19)23/h8-17,24,28H,2-7H2,1H3/t15?,17?,24-/m0/s1. The Morgan fingerprint density at radius 1 is 1.07 bits per heavy atom. The van der Waals surface area contributed by atoms with E-state index in [1.807, 2.05) is 24.7 Å². The molecule has 29 heavy (non-hydrogen) atoms. The molecule has 2 aromatic heterocycles. The zero-order valence-corrected chi connectivity index (χ0v) is 17.5. The molecular formula is C24H27ClN2O2. The maximum Gasteiger partial charge on any atom is 0.137 e. The zero-order chi connectivity index (χ0) is 20.0. The topological polar surface area (TPSA) is 46.8 Å². The van der Waals surface area contributed by atoms with E-state index in [4.69, 9.17) is 16.3 Å². The molecule has 0 spiro atoms. The number of aliphatic hydroxyl groups is 1. The minimum absolute atomic E-state index is 0.283. The van der Waals surface area contributed by atoms with Gasteiger partial charge in [0.15, 0.2) is 0 Å². The molecule has 2 saturated carbocycles. The van der Waals surface area contributed by atoms with Crippen LogP contribution in [0.3, 0.4) is 0 Å². The summed E-state index contributed by atoms with van der Waals surface area (Å²) in [6.45, 7) is 0. The Morgan fingerprint density at radius 2 is 1.83 bits per heavy atom. The maximum atomic E-state index is 11.4. The molecule has 0 radical (unpaired) electrons. The van der Waals surface area contributed by atoms with Crippen LogP contribution in [0.15, 0.2) is 42.9 Å². The highest BCUT2D eigenvalue weighted by Crippen LogP contribution is 2.47. The molecule has 2 fully saturated rings. The molecule has 1 aromatic carbocycles.